The number of hydrogen-bond donors (Lipinski definition) is 1. The molecule has 7 heteroatoms. The van der Waals surface area contributed by atoms with E-state index >= 15 is 0 Å². The lowest BCUT2D eigenvalue weighted by atomic mass is 10.1. The van der Waals surface area contributed by atoms with Gasteiger partial charge in [0, 0.05) is 10.6 Å². The predicted octanol–water partition coefficient (Wildman–Crippen LogP) is 2.80. The highest BCUT2D eigenvalue weighted by Gasteiger charge is 2.32. The summed E-state index contributed by atoms with van der Waals surface area (Å²) < 4.78 is 25.5. The number of nitrogens with zero attached hydrogens (tertiary/aromatic N) is 1. The van der Waals surface area contributed by atoms with E-state index in [0.29, 0.717) is 17.1 Å². The number of nitrogens with one attached hydrogen (secondary N) is 1. The molecule has 1 N–H and O–H groups in total. The van der Waals surface area contributed by atoms with Crippen LogP contribution in [-0.2, 0) is 14.8 Å². The molecule has 1 rings (SSSR count). The van der Waals surface area contributed by atoms with E-state index in [2.05, 4.69) is 5.32 Å². The molecular weight excluding hydrogens is 324 g/mol. The summed E-state index contributed by atoms with van der Waals surface area (Å²) in [5.41, 5.74) is -0.0176. The van der Waals surface area contributed by atoms with Gasteiger partial charge in [0.2, 0.25) is 15.9 Å². The van der Waals surface area contributed by atoms with Gasteiger partial charge in [0.05, 0.1) is 11.9 Å². The molecule has 0 radical (unpaired) electrons. The van der Waals surface area contributed by atoms with E-state index < -0.39 is 21.6 Å². The standard InChI is InChI=1S/C15H23ClN2O3S/c1-6-13(14(19)17-15(2,3)4)18(22(5,20)21)12-9-7-11(16)8-10-12/h7-10,13H,6H2,1-5H3,(H,17,19)/t13-/m0/s1. The van der Waals surface area contributed by atoms with Gasteiger partial charge >= 0.3 is 0 Å². The maximum Gasteiger partial charge on any atom is 0.244 e. The smallest absolute Gasteiger partial charge is 0.244 e. The first-order valence-corrected chi connectivity index (χ1v) is 9.25. The Hall–Kier alpha value is -1.27. The van der Waals surface area contributed by atoms with E-state index in [1.807, 2.05) is 20.8 Å². The molecule has 0 aliphatic carbocycles. The van der Waals surface area contributed by atoms with E-state index in [9.17, 15) is 13.2 Å². The van der Waals surface area contributed by atoms with Crippen LogP contribution in [0.1, 0.15) is 34.1 Å². The quantitative estimate of drug-likeness (QED) is 0.891. The van der Waals surface area contributed by atoms with Crippen molar-refractivity contribution in [3.8, 4) is 0 Å². The number of anilines is 1. The highest BCUT2D eigenvalue weighted by molar-refractivity contribution is 7.92. The lowest BCUT2D eigenvalue weighted by molar-refractivity contribution is -0.123. The van der Waals surface area contributed by atoms with Gasteiger partial charge in [-0.25, -0.2) is 8.42 Å². The molecule has 0 saturated carbocycles. The minimum atomic E-state index is -3.61. The zero-order valence-corrected chi connectivity index (χ0v) is 15.1. The second kappa shape index (κ2) is 6.87. The zero-order chi connectivity index (χ0) is 17.1. The van der Waals surface area contributed by atoms with Gasteiger partial charge in [-0.3, -0.25) is 9.10 Å². The first kappa shape index (κ1) is 18.8. The Morgan fingerprint density at radius 2 is 1.77 bits per heavy atom. The van der Waals surface area contributed by atoms with E-state index in [0.717, 1.165) is 10.6 Å². The van der Waals surface area contributed by atoms with E-state index in [4.69, 9.17) is 11.6 Å². The van der Waals surface area contributed by atoms with Crippen LogP contribution < -0.4 is 9.62 Å². The molecule has 1 atom stereocenters. The van der Waals surface area contributed by atoms with Crippen LogP contribution in [0.3, 0.4) is 0 Å². The Balaban J connectivity index is 3.25. The van der Waals surface area contributed by atoms with Crippen LogP contribution >= 0.6 is 11.6 Å². The van der Waals surface area contributed by atoms with E-state index in [1.165, 1.54) is 0 Å². The molecule has 1 amide bonds. The fourth-order valence-electron chi connectivity index (χ4n) is 2.10. The van der Waals surface area contributed by atoms with Crippen molar-refractivity contribution in [1.82, 2.24) is 5.32 Å². The van der Waals surface area contributed by atoms with E-state index in [-0.39, 0.29) is 5.91 Å². The third-order valence-corrected chi connectivity index (χ3v) is 4.34. The molecule has 0 bridgehead atoms. The van der Waals surface area contributed by atoms with Crippen molar-refractivity contribution in [3.05, 3.63) is 29.3 Å². The molecular formula is C15H23ClN2O3S. The summed E-state index contributed by atoms with van der Waals surface area (Å²) in [7, 11) is -3.61. The van der Waals surface area contributed by atoms with Gasteiger partial charge in [0.15, 0.2) is 0 Å². The van der Waals surface area contributed by atoms with Crippen molar-refractivity contribution in [3.63, 3.8) is 0 Å². The van der Waals surface area contributed by atoms with Crippen molar-refractivity contribution in [2.45, 2.75) is 45.7 Å². The molecule has 0 aromatic heterocycles. The summed E-state index contributed by atoms with van der Waals surface area (Å²) in [6, 6.07) is 5.58. The average Bonchev–Trinajstić information content (AvgIpc) is 2.33. The third-order valence-electron chi connectivity index (χ3n) is 2.91. The number of rotatable bonds is 5. The first-order chi connectivity index (χ1) is 9.95. The minimum absolute atomic E-state index is 0.324. The second-order valence-electron chi connectivity index (χ2n) is 6.20. The maximum atomic E-state index is 12.5. The summed E-state index contributed by atoms with van der Waals surface area (Å²) in [6.45, 7) is 7.33. The summed E-state index contributed by atoms with van der Waals surface area (Å²) in [5, 5.41) is 3.34. The molecule has 0 unspecified atom stereocenters. The first-order valence-electron chi connectivity index (χ1n) is 7.02. The second-order valence-corrected chi connectivity index (χ2v) is 8.49. The Labute approximate surface area is 137 Å². The van der Waals surface area contributed by atoms with Crippen LogP contribution in [0.25, 0.3) is 0 Å². The largest absolute Gasteiger partial charge is 0.350 e. The molecule has 124 valence electrons. The maximum absolute atomic E-state index is 12.5. The van der Waals surface area contributed by atoms with Gasteiger partial charge in [-0.1, -0.05) is 18.5 Å². The number of amides is 1. The van der Waals surface area contributed by atoms with Crippen molar-refractivity contribution >= 4 is 33.2 Å². The fraction of sp³-hybridized carbons (Fsp3) is 0.533. The number of carbonyl (C=O) groups excluding carboxylic acids is 1. The Morgan fingerprint density at radius 3 is 2.14 bits per heavy atom. The molecule has 1 aromatic rings. The molecule has 0 saturated heterocycles. The van der Waals surface area contributed by atoms with Gasteiger partial charge in [0.1, 0.15) is 6.04 Å². The Morgan fingerprint density at radius 1 is 1.27 bits per heavy atom. The van der Waals surface area contributed by atoms with Gasteiger partial charge in [0.25, 0.3) is 0 Å². The predicted molar refractivity (Wildman–Crippen MR) is 90.7 cm³/mol. The molecule has 0 spiro atoms. The monoisotopic (exact) mass is 346 g/mol. The molecule has 22 heavy (non-hydrogen) atoms. The molecule has 0 aliphatic heterocycles. The zero-order valence-electron chi connectivity index (χ0n) is 13.6. The summed E-state index contributed by atoms with van der Waals surface area (Å²) in [4.78, 5) is 12.5. The van der Waals surface area contributed by atoms with Crippen molar-refractivity contribution < 1.29 is 13.2 Å². The summed E-state index contributed by atoms with van der Waals surface area (Å²) in [6.07, 6.45) is 1.45. The molecule has 0 fully saturated rings. The summed E-state index contributed by atoms with van der Waals surface area (Å²) in [5.74, 6) is -0.324. The molecule has 0 aliphatic rings. The SMILES string of the molecule is CC[C@@H](C(=O)NC(C)(C)C)N(c1ccc(Cl)cc1)S(C)(=O)=O. The lowest BCUT2D eigenvalue weighted by Crippen LogP contribution is -2.53. The normalized spacial score (nSPS) is 13.5. The number of benzene rings is 1. The molecule has 1 aromatic carbocycles. The highest BCUT2D eigenvalue weighted by Crippen LogP contribution is 2.24. The van der Waals surface area contributed by atoms with Gasteiger partial charge < -0.3 is 5.32 Å². The van der Waals surface area contributed by atoms with Crippen LogP contribution in [0, 0.1) is 0 Å². The van der Waals surface area contributed by atoms with Gasteiger partial charge in [-0.2, -0.15) is 0 Å². The lowest BCUT2D eigenvalue weighted by Gasteiger charge is -2.32. The topological polar surface area (TPSA) is 66.5 Å². The van der Waals surface area contributed by atoms with Crippen molar-refractivity contribution in [2.24, 2.45) is 0 Å². The molecule has 0 heterocycles. The summed E-state index contributed by atoms with van der Waals surface area (Å²) >= 11 is 5.85. The van der Waals surface area contributed by atoms with Crippen LogP contribution in [0.5, 0.6) is 0 Å². The van der Waals surface area contributed by atoms with Crippen molar-refractivity contribution in [2.75, 3.05) is 10.6 Å². The van der Waals surface area contributed by atoms with Crippen LogP contribution in [-0.4, -0.2) is 32.2 Å². The van der Waals surface area contributed by atoms with Crippen LogP contribution in [0.15, 0.2) is 24.3 Å². The van der Waals surface area contributed by atoms with Crippen LogP contribution in [0.4, 0.5) is 5.69 Å². The average molecular weight is 347 g/mol. The number of carbonyl (C=O) groups is 1. The van der Waals surface area contributed by atoms with E-state index in [1.54, 1.807) is 31.2 Å². The van der Waals surface area contributed by atoms with Gasteiger partial charge in [-0.15, -0.1) is 0 Å². The highest BCUT2D eigenvalue weighted by atomic mass is 35.5. The molecule has 5 nitrogen and oxygen atoms in total. The van der Waals surface area contributed by atoms with Crippen LogP contribution in [0.2, 0.25) is 5.02 Å². The minimum Gasteiger partial charge on any atom is -0.350 e. The van der Waals surface area contributed by atoms with Gasteiger partial charge in [-0.05, 0) is 51.5 Å². The number of sulfonamides is 1. The third kappa shape index (κ3) is 5.18. The number of halogens is 1. The number of hydrogen-bond acceptors (Lipinski definition) is 3. The Kier molecular flexibility index (Phi) is 5.87. The Bertz CT molecular complexity index is 621. The van der Waals surface area contributed by atoms with Crippen molar-refractivity contribution in [1.29, 1.82) is 0 Å². The fourth-order valence-corrected chi connectivity index (χ4v) is 3.44.